The summed E-state index contributed by atoms with van der Waals surface area (Å²) in [6, 6.07) is 0. The molecule has 1 fully saturated rings. The van der Waals surface area contributed by atoms with E-state index < -0.39 is 5.97 Å². The summed E-state index contributed by atoms with van der Waals surface area (Å²) < 4.78 is 5.02. The van der Waals surface area contributed by atoms with Gasteiger partial charge >= 0.3 is 5.97 Å². The van der Waals surface area contributed by atoms with Crippen molar-refractivity contribution in [1.82, 2.24) is 10.3 Å². The molecule has 1 aliphatic carbocycles. The molecule has 1 saturated carbocycles. The van der Waals surface area contributed by atoms with E-state index in [1.54, 1.807) is 13.8 Å². The highest BCUT2D eigenvalue weighted by Crippen LogP contribution is 2.23. The maximum Gasteiger partial charge on any atom is 0.355 e. The first-order valence-corrected chi connectivity index (χ1v) is 8.64. The average Bonchev–Trinajstić information content (AvgIpc) is 2.83. The highest BCUT2D eigenvalue weighted by atomic mass is 16.5. The Labute approximate surface area is 138 Å². The lowest BCUT2D eigenvalue weighted by Crippen LogP contribution is -2.29. The zero-order valence-electron chi connectivity index (χ0n) is 14.5. The van der Waals surface area contributed by atoms with Crippen LogP contribution in [-0.2, 0) is 4.74 Å². The van der Waals surface area contributed by atoms with Gasteiger partial charge in [0.15, 0.2) is 5.78 Å². The number of Topliss-reactive ketones (excluding diaryl/α,β-unsaturated/α-hetero) is 1. The standard InChI is InChI=1S/C18H28N2O3/c1-4-23-18(22)17-12(2)16(13(3)20-17)15(21)11-19-10-14-8-6-5-7-9-14/h14,19-20H,4-11H2,1-3H3. The van der Waals surface area contributed by atoms with E-state index in [-0.39, 0.29) is 5.78 Å². The molecule has 5 heteroatoms. The smallest absolute Gasteiger partial charge is 0.355 e. The number of hydrogen-bond acceptors (Lipinski definition) is 4. The largest absolute Gasteiger partial charge is 0.461 e. The van der Waals surface area contributed by atoms with E-state index >= 15 is 0 Å². The van der Waals surface area contributed by atoms with E-state index in [1.165, 1.54) is 32.1 Å². The van der Waals surface area contributed by atoms with Crippen molar-refractivity contribution in [1.29, 1.82) is 0 Å². The summed E-state index contributed by atoms with van der Waals surface area (Å²) >= 11 is 0. The number of aryl methyl sites for hydroxylation is 1. The third kappa shape index (κ3) is 4.44. The SMILES string of the molecule is CCOC(=O)c1[nH]c(C)c(C(=O)CNCC2CCCCC2)c1C. The van der Waals surface area contributed by atoms with Crippen LogP contribution in [0, 0.1) is 19.8 Å². The van der Waals surface area contributed by atoms with Crippen LogP contribution >= 0.6 is 0 Å². The molecule has 0 atom stereocenters. The molecular formula is C18H28N2O3. The van der Waals surface area contributed by atoms with Crippen molar-refractivity contribution in [3.05, 3.63) is 22.5 Å². The highest BCUT2D eigenvalue weighted by Gasteiger charge is 2.22. The second kappa shape index (κ2) is 8.29. The molecule has 0 spiro atoms. The first-order chi connectivity index (χ1) is 11.0. The number of carbonyl (C=O) groups excluding carboxylic acids is 2. The van der Waals surface area contributed by atoms with Crippen molar-refractivity contribution in [2.24, 2.45) is 5.92 Å². The molecule has 23 heavy (non-hydrogen) atoms. The number of nitrogens with one attached hydrogen (secondary N) is 2. The van der Waals surface area contributed by atoms with E-state index in [9.17, 15) is 9.59 Å². The van der Waals surface area contributed by atoms with Crippen molar-refractivity contribution in [3.63, 3.8) is 0 Å². The number of carbonyl (C=O) groups is 2. The van der Waals surface area contributed by atoms with Gasteiger partial charge in [-0.1, -0.05) is 19.3 Å². The molecule has 1 aliphatic rings. The Morgan fingerprint density at radius 2 is 1.91 bits per heavy atom. The summed E-state index contributed by atoms with van der Waals surface area (Å²) in [5.41, 5.74) is 2.42. The van der Waals surface area contributed by atoms with Gasteiger partial charge in [-0.25, -0.2) is 4.79 Å². The van der Waals surface area contributed by atoms with Crippen LogP contribution in [0.4, 0.5) is 0 Å². The molecule has 1 aromatic rings. The molecular weight excluding hydrogens is 292 g/mol. The molecule has 0 aromatic carbocycles. The summed E-state index contributed by atoms with van der Waals surface area (Å²) in [4.78, 5) is 27.4. The van der Waals surface area contributed by atoms with E-state index in [1.807, 2.05) is 6.92 Å². The number of esters is 1. The number of aromatic nitrogens is 1. The second-order valence-corrected chi connectivity index (χ2v) is 6.40. The first-order valence-electron chi connectivity index (χ1n) is 8.64. The van der Waals surface area contributed by atoms with Gasteiger partial charge in [-0.15, -0.1) is 0 Å². The van der Waals surface area contributed by atoms with E-state index in [0.717, 1.165) is 12.2 Å². The maximum absolute atomic E-state index is 12.5. The van der Waals surface area contributed by atoms with Gasteiger partial charge in [0.2, 0.25) is 0 Å². The number of hydrogen-bond donors (Lipinski definition) is 2. The normalized spacial score (nSPS) is 15.6. The fourth-order valence-electron chi connectivity index (χ4n) is 3.45. The molecule has 128 valence electrons. The minimum atomic E-state index is -0.401. The molecule has 0 unspecified atom stereocenters. The monoisotopic (exact) mass is 320 g/mol. The fourth-order valence-corrected chi connectivity index (χ4v) is 3.45. The van der Waals surface area contributed by atoms with Gasteiger partial charge in [0.25, 0.3) is 0 Å². The number of ether oxygens (including phenoxy) is 1. The summed E-state index contributed by atoms with van der Waals surface area (Å²) in [6.07, 6.45) is 6.47. The van der Waals surface area contributed by atoms with Gasteiger partial charge in [0.05, 0.1) is 13.2 Å². The van der Waals surface area contributed by atoms with Crippen LogP contribution < -0.4 is 5.32 Å². The maximum atomic E-state index is 12.5. The third-order valence-corrected chi connectivity index (χ3v) is 4.64. The number of H-pyrrole nitrogens is 1. The van der Waals surface area contributed by atoms with Crippen molar-refractivity contribution < 1.29 is 14.3 Å². The number of ketones is 1. The lowest BCUT2D eigenvalue weighted by molar-refractivity contribution is 0.0519. The summed E-state index contributed by atoms with van der Waals surface area (Å²) in [5, 5.41) is 3.29. The molecule has 1 heterocycles. The molecule has 5 nitrogen and oxygen atoms in total. The number of aromatic amines is 1. The minimum Gasteiger partial charge on any atom is -0.461 e. The quantitative estimate of drug-likeness (QED) is 0.598. The molecule has 0 saturated heterocycles. The Morgan fingerprint density at radius 3 is 2.57 bits per heavy atom. The topological polar surface area (TPSA) is 71.2 Å². The molecule has 2 N–H and O–H groups in total. The Morgan fingerprint density at radius 1 is 1.22 bits per heavy atom. The average molecular weight is 320 g/mol. The zero-order chi connectivity index (χ0) is 16.8. The fraction of sp³-hybridized carbons (Fsp3) is 0.667. The molecule has 1 aromatic heterocycles. The first kappa shape index (κ1) is 17.7. The Bertz CT molecular complexity index is 557. The van der Waals surface area contributed by atoms with E-state index in [0.29, 0.717) is 35.9 Å². The summed E-state index contributed by atoms with van der Waals surface area (Å²) in [5.74, 6) is 0.324. The highest BCUT2D eigenvalue weighted by molar-refractivity contribution is 6.03. The van der Waals surface area contributed by atoms with Gasteiger partial charge in [0.1, 0.15) is 5.69 Å². The van der Waals surface area contributed by atoms with E-state index in [2.05, 4.69) is 10.3 Å². The molecule has 0 radical (unpaired) electrons. The van der Waals surface area contributed by atoms with Crippen LogP contribution in [0.25, 0.3) is 0 Å². The zero-order valence-corrected chi connectivity index (χ0v) is 14.5. The third-order valence-electron chi connectivity index (χ3n) is 4.64. The van der Waals surface area contributed by atoms with E-state index in [4.69, 9.17) is 4.74 Å². The van der Waals surface area contributed by atoms with Crippen LogP contribution in [0.2, 0.25) is 0 Å². The van der Waals surface area contributed by atoms with Crippen LogP contribution in [0.15, 0.2) is 0 Å². The second-order valence-electron chi connectivity index (χ2n) is 6.40. The van der Waals surface area contributed by atoms with Gasteiger partial charge in [-0.05, 0) is 51.6 Å². The number of rotatable bonds is 7. The van der Waals surface area contributed by atoms with Crippen molar-refractivity contribution >= 4 is 11.8 Å². The molecule has 0 bridgehead atoms. The van der Waals surface area contributed by atoms with Gasteiger partial charge in [-0.2, -0.15) is 0 Å². The van der Waals surface area contributed by atoms with Crippen LogP contribution in [0.1, 0.15) is 71.1 Å². The minimum absolute atomic E-state index is 0.0302. The lowest BCUT2D eigenvalue weighted by Gasteiger charge is -2.21. The molecule has 2 rings (SSSR count). The molecule has 0 amide bonds. The van der Waals surface area contributed by atoms with Crippen molar-refractivity contribution in [2.75, 3.05) is 19.7 Å². The van der Waals surface area contributed by atoms with Crippen molar-refractivity contribution in [3.8, 4) is 0 Å². The Kier molecular flexibility index (Phi) is 6.39. The van der Waals surface area contributed by atoms with Crippen LogP contribution in [0.5, 0.6) is 0 Å². The van der Waals surface area contributed by atoms with Crippen LogP contribution in [0.3, 0.4) is 0 Å². The van der Waals surface area contributed by atoms with Gasteiger partial charge in [-0.3, -0.25) is 4.79 Å². The van der Waals surface area contributed by atoms with Crippen molar-refractivity contribution in [2.45, 2.75) is 52.9 Å². The predicted molar refractivity (Wildman–Crippen MR) is 90.0 cm³/mol. The van der Waals surface area contributed by atoms with Gasteiger partial charge < -0.3 is 15.0 Å². The Balaban J connectivity index is 1.94. The predicted octanol–water partition coefficient (Wildman–Crippen LogP) is 3.16. The van der Waals surface area contributed by atoms with Gasteiger partial charge in [0, 0.05) is 11.3 Å². The van der Waals surface area contributed by atoms with Crippen LogP contribution in [-0.4, -0.2) is 36.4 Å². The Hall–Kier alpha value is -1.62. The lowest BCUT2D eigenvalue weighted by atomic mass is 9.89. The summed E-state index contributed by atoms with van der Waals surface area (Å²) in [6.45, 7) is 6.93. The molecule has 0 aliphatic heterocycles. The summed E-state index contributed by atoms with van der Waals surface area (Å²) in [7, 11) is 0.